The summed E-state index contributed by atoms with van der Waals surface area (Å²) in [6.07, 6.45) is 2.93. The van der Waals surface area contributed by atoms with Crippen LogP contribution in [0.3, 0.4) is 0 Å². The summed E-state index contributed by atoms with van der Waals surface area (Å²) in [6, 6.07) is 10.7. The molecule has 1 aromatic carbocycles. The molecule has 1 unspecified atom stereocenters. The first-order valence-corrected chi connectivity index (χ1v) is 9.72. The molecule has 3 rings (SSSR count). The number of carbonyl (C=O) groups is 1. The third-order valence-corrected chi connectivity index (χ3v) is 4.89. The largest absolute Gasteiger partial charge is 0.351 e. The van der Waals surface area contributed by atoms with Crippen LogP contribution in [0.15, 0.2) is 30.3 Å². The highest BCUT2D eigenvalue weighted by molar-refractivity contribution is 5.94. The molecule has 2 N–H and O–H groups in total. The lowest BCUT2D eigenvalue weighted by atomic mass is 9.90. The Morgan fingerprint density at radius 1 is 1.31 bits per heavy atom. The summed E-state index contributed by atoms with van der Waals surface area (Å²) in [5.74, 6) is 0.570. The number of fused-ring (bicyclic) bond motifs is 1. The van der Waals surface area contributed by atoms with Gasteiger partial charge in [-0.05, 0) is 44.2 Å². The molecule has 5 nitrogen and oxygen atoms in total. The number of benzene rings is 1. The van der Waals surface area contributed by atoms with Gasteiger partial charge in [-0.2, -0.15) is 5.10 Å². The van der Waals surface area contributed by atoms with Crippen molar-refractivity contribution in [1.29, 1.82) is 0 Å². The Hall–Kier alpha value is -2.14. The number of nitrogens with zero attached hydrogens (tertiary/aromatic N) is 2. The summed E-state index contributed by atoms with van der Waals surface area (Å²) in [6.45, 7) is 8.73. The number of hydrogen-bond acceptors (Lipinski definition) is 3. The smallest absolute Gasteiger partial charge is 0.272 e. The van der Waals surface area contributed by atoms with Gasteiger partial charge in [0, 0.05) is 23.8 Å². The molecule has 1 atom stereocenters. The zero-order valence-electron chi connectivity index (χ0n) is 16.1. The molecular weight excluding hydrogens is 324 g/mol. The van der Waals surface area contributed by atoms with Crippen LogP contribution in [0.4, 0.5) is 0 Å². The van der Waals surface area contributed by atoms with Crippen molar-refractivity contribution < 1.29 is 4.79 Å². The minimum Gasteiger partial charge on any atom is -0.351 e. The van der Waals surface area contributed by atoms with Crippen molar-refractivity contribution >= 4 is 5.91 Å². The molecule has 26 heavy (non-hydrogen) atoms. The maximum Gasteiger partial charge on any atom is 0.272 e. The van der Waals surface area contributed by atoms with Gasteiger partial charge < -0.3 is 10.6 Å². The summed E-state index contributed by atoms with van der Waals surface area (Å²) in [5.41, 5.74) is 4.16. The highest BCUT2D eigenvalue weighted by Crippen LogP contribution is 2.26. The highest BCUT2D eigenvalue weighted by Gasteiger charge is 2.28. The Labute approximate surface area is 156 Å². The Kier molecular flexibility index (Phi) is 6.09. The first kappa shape index (κ1) is 18.6. The molecule has 0 fully saturated rings. The number of nitrogens with one attached hydrogen (secondary N) is 2. The lowest BCUT2D eigenvalue weighted by Gasteiger charge is -2.25. The maximum absolute atomic E-state index is 12.5. The second kappa shape index (κ2) is 8.49. The molecular formula is C21H30N4O. The Bertz CT molecular complexity index is 736. The molecule has 0 bridgehead atoms. The van der Waals surface area contributed by atoms with Crippen molar-refractivity contribution in [2.45, 2.75) is 52.6 Å². The van der Waals surface area contributed by atoms with Gasteiger partial charge in [0.1, 0.15) is 0 Å². The summed E-state index contributed by atoms with van der Waals surface area (Å²) < 4.78 is 2.04. The minimum atomic E-state index is -0.0555. The first-order valence-electron chi connectivity index (χ1n) is 9.72. The number of amides is 1. The van der Waals surface area contributed by atoms with E-state index in [1.165, 1.54) is 11.3 Å². The van der Waals surface area contributed by atoms with E-state index in [9.17, 15) is 4.79 Å². The fraction of sp³-hybridized carbons (Fsp3) is 0.524. The van der Waals surface area contributed by atoms with Gasteiger partial charge in [0.05, 0.1) is 6.54 Å². The molecule has 1 aliphatic rings. The molecule has 0 saturated carbocycles. The van der Waals surface area contributed by atoms with Crippen LogP contribution >= 0.6 is 0 Å². The van der Waals surface area contributed by atoms with Crippen LogP contribution < -0.4 is 10.6 Å². The fourth-order valence-corrected chi connectivity index (χ4v) is 3.58. The van der Waals surface area contributed by atoms with Gasteiger partial charge in [-0.3, -0.25) is 9.48 Å². The van der Waals surface area contributed by atoms with E-state index in [0.717, 1.165) is 31.4 Å². The Morgan fingerprint density at radius 2 is 2.08 bits per heavy atom. The average molecular weight is 354 g/mol. The van der Waals surface area contributed by atoms with E-state index in [1.807, 2.05) is 29.8 Å². The van der Waals surface area contributed by atoms with E-state index in [-0.39, 0.29) is 5.91 Å². The first-order chi connectivity index (χ1) is 12.6. The van der Waals surface area contributed by atoms with E-state index in [0.29, 0.717) is 30.7 Å². The molecule has 5 heteroatoms. The predicted molar refractivity (Wildman–Crippen MR) is 104 cm³/mol. The van der Waals surface area contributed by atoms with Crippen molar-refractivity contribution in [3.8, 4) is 0 Å². The molecule has 0 radical (unpaired) electrons. The fourth-order valence-electron chi connectivity index (χ4n) is 3.58. The summed E-state index contributed by atoms with van der Waals surface area (Å²) >= 11 is 0. The molecule has 140 valence electrons. The van der Waals surface area contributed by atoms with Gasteiger partial charge in [-0.25, -0.2) is 0 Å². The van der Waals surface area contributed by atoms with Crippen LogP contribution in [-0.2, 0) is 19.4 Å². The number of hydrogen-bond donors (Lipinski definition) is 2. The maximum atomic E-state index is 12.5. The quantitative estimate of drug-likeness (QED) is 0.804. The Balaban J connectivity index is 1.86. The second-order valence-electron chi connectivity index (χ2n) is 7.52. The van der Waals surface area contributed by atoms with Crippen LogP contribution in [0.25, 0.3) is 0 Å². The van der Waals surface area contributed by atoms with Crippen LogP contribution in [-0.4, -0.2) is 34.8 Å². The lowest BCUT2D eigenvalue weighted by molar-refractivity contribution is 0.0949. The SMILES string of the molecule is CCNC(=O)c1nn(Cc2ccccc2)c2c1CC(NCC(C)C)CC2. The summed E-state index contributed by atoms with van der Waals surface area (Å²) in [7, 11) is 0. The highest BCUT2D eigenvalue weighted by atomic mass is 16.1. The van der Waals surface area contributed by atoms with Gasteiger partial charge in [-0.15, -0.1) is 0 Å². The minimum absolute atomic E-state index is 0.0555. The van der Waals surface area contributed by atoms with Crippen LogP contribution in [0, 0.1) is 5.92 Å². The van der Waals surface area contributed by atoms with Gasteiger partial charge in [0.2, 0.25) is 0 Å². The topological polar surface area (TPSA) is 59.0 Å². The second-order valence-corrected chi connectivity index (χ2v) is 7.52. The normalized spacial score (nSPS) is 16.5. The predicted octanol–water partition coefficient (Wildman–Crippen LogP) is 2.78. The average Bonchev–Trinajstić information content (AvgIpc) is 2.99. The van der Waals surface area contributed by atoms with Gasteiger partial charge in [-0.1, -0.05) is 44.2 Å². The van der Waals surface area contributed by atoms with Crippen molar-refractivity contribution in [1.82, 2.24) is 20.4 Å². The molecule has 0 spiro atoms. The molecule has 1 heterocycles. The van der Waals surface area contributed by atoms with Crippen LogP contribution in [0.2, 0.25) is 0 Å². The van der Waals surface area contributed by atoms with E-state index < -0.39 is 0 Å². The van der Waals surface area contributed by atoms with Crippen molar-refractivity contribution in [3.63, 3.8) is 0 Å². The molecule has 1 amide bonds. The number of rotatable bonds is 7. The zero-order valence-corrected chi connectivity index (χ0v) is 16.1. The third-order valence-electron chi connectivity index (χ3n) is 4.89. The number of aromatic nitrogens is 2. The lowest BCUT2D eigenvalue weighted by Crippen LogP contribution is -2.37. The molecule has 1 aromatic heterocycles. The third kappa shape index (κ3) is 4.33. The van der Waals surface area contributed by atoms with Gasteiger partial charge >= 0.3 is 0 Å². The van der Waals surface area contributed by atoms with Crippen LogP contribution in [0.1, 0.15) is 54.5 Å². The number of carbonyl (C=O) groups excluding carboxylic acids is 1. The van der Waals surface area contributed by atoms with Crippen molar-refractivity contribution in [2.24, 2.45) is 5.92 Å². The molecule has 1 aliphatic carbocycles. The van der Waals surface area contributed by atoms with E-state index in [1.54, 1.807) is 0 Å². The van der Waals surface area contributed by atoms with Gasteiger partial charge in [0.15, 0.2) is 5.69 Å². The van der Waals surface area contributed by atoms with Crippen LogP contribution in [0.5, 0.6) is 0 Å². The zero-order chi connectivity index (χ0) is 18.5. The van der Waals surface area contributed by atoms with Crippen molar-refractivity contribution in [3.05, 3.63) is 52.8 Å². The standard InChI is InChI=1S/C21H30N4O/c1-4-22-21(26)20-18-12-17(23-13-15(2)3)10-11-19(18)25(24-20)14-16-8-6-5-7-9-16/h5-9,15,17,23H,4,10-14H2,1-3H3,(H,22,26). The molecule has 2 aromatic rings. The summed E-state index contributed by atoms with van der Waals surface area (Å²) in [5, 5.41) is 11.3. The Morgan fingerprint density at radius 3 is 2.77 bits per heavy atom. The summed E-state index contributed by atoms with van der Waals surface area (Å²) in [4.78, 5) is 12.5. The molecule has 0 saturated heterocycles. The van der Waals surface area contributed by atoms with E-state index in [2.05, 4.69) is 36.6 Å². The van der Waals surface area contributed by atoms with E-state index in [4.69, 9.17) is 5.10 Å². The van der Waals surface area contributed by atoms with Gasteiger partial charge in [0.25, 0.3) is 5.91 Å². The van der Waals surface area contributed by atoms with Crippen molar-refractivity contribution in [2.75, 3.05) is 13.1 Å². The molecule has 0 aliphatic heterocycles. The van der Waals surface area contributed by atoms with E-state index >= 15 is 0 Å². The monoisotopic (exact) mass is 354 g/mol.